The number of anilines is 1. The zero-order valence-corrected chi connectivity index (χ0v) is 15.7. The monoisotopic (exact) mass is 374 g/mol. The van der Waals surface area contributed by atoms with Gasteiger partial charge >= 0.3 is 5.97 Å². The Labute approximate surface area is 156 Å². The number of carbonyl (C=O) groups excluding carboxylic acids is 1. The lowest BCUT2D eigenvalue weighted by Gasteiger charge is -2.10. The number of amides is 1. The van der Waals surface area contributed by atoms with Crippen molar-refractivity contribution in [2.24, 2.45) is 0 Å². The third-order valence-corrected chi connectivity index (χ3v) is 5.45. The Bertz CT molecular complexity index is 831. The Hall–Kier alpha value is -2.41. The number of nitrogens with zero attached hydrogens (tertiary/aromatic N) is 1. The number of hydrogen-bond acceptors (Lipinski definition) is 5. The van der Waals surface area contributed by atoms with Gasteiger partial charge in [-0.3, -0.25) is 9.59 Å². The van der Waals surface area contributed by atoms with Crippen LogP contribution in [0.15, 0.2) is 18.2 Å². The van der Waals surface area contributed by atoms with Crippen molar-refractivity contribution >= 4 is 28.3 Å². The number of thiazole rings is 1. The molecule has 2 aromatic rings. The molecule has 1 aromatic carbocycles. The SMILES string of the molecule is CC(=O)Nc1nc(CCOc2ccc3c(c2)CC[C@H]3CC(=O)O)c(C)s1. The maximum Gasteiger partial charge on any atom is 0.303 e. The second kappa shape index (κ2) is 7.86. The van der Waals surface area contributed by atoms with Gasteiger partial charge in [-0.2, -0.15) is 0 Å². The summed E-state index contributed by atoms with van der Waals surface area (Å²) in [5.41, 5.74) is 3.25. The molecular formula is C19H22N2O4S. The largest absolute Gasteiger partial charge is 0.493 e. The molecule has 1 heterocycles. The summed E-state index contributed by atoms with van der Waals surface area (Å²) in [4.78, 5) is 27.5. The molecule has 0 saturated heterocycles. The predicted octanol–water partition coefficient (Wildman–Crippen LogP) is 3.54. The number of rotatable bonds is 7. The molecule has 26 heavy (non-hydrogen) atoms. The molecule has 7 heteroatoms. The van der Waals surface area contributed by atoms with Gasteiger partial charge in [0, 0.05) is 18.2 Å². The maximum atomic E-state index is 11.1. The summed E-state index contributed by atoms with van der Waals surface area (Å²) in [5, 5.41) is 12.3. The number of aromatic nitrogens is 1. The summed E-state index contributed by atoms with van der Waals surface area (Å²) < 4.78 is 5.86. The molecule has 2 N–H and O–H groups in total. The van der Waals surface area contributed by atoms with Gasteiger partial charge in [-0.15, -0.1) is 11.3 Å². The number of carboxylic acid groups (broad SMARTS) is 1. The first-order valence-corrected chi connectivity index (χ1v) is 9.45. The highest BCUT2D eigenvalue weighted by atomic mass is 32.1. The van der Waals surface area contributed by atoms with E-state index >= 15 is 0 Å². The summed E-state index contributed by atoms with van der Waals surface area (Å²) in [6.45, 7) is 3.95. The standard InChI is InChI=1S/C19H22N2O4S/c1-11-17(21-19(26-11)20-12(2)22)7-8-25-15-5-6-16-13(9-15)3-4-14(16)10-18(23)24/h5-6,9,14H,3-4,7-8,10H2,1-2H3,(H,23,24)(H,20,21,22)/t14-/m0/s1. The van der Waals surface area contributed by atoms with Crippen molar-refractivity contribution in [3.8, 4) is 5.75 Å². The lowest BCUT2D eigenvalue weighted by Crippen LogP contribution is -2.06. The molecule has 1 amide bonds. The summed E-state index contributed by atoms with van der Waals surface area (Å²) in [6.07, 6.45) is 2.64. The van der Waals surface area contributed by atoms with Crippen LogP contribution in [0.2, 0.25) is 0 Å². The smallest absolute Gasteiger partial charge is 0.303 e. The van der Waals surface area contributed by atoms with E-state index in [0.717, 1.165) is 34.7 Å². The van der Waals surface area contributed by atoms with E-state index in [-0.39, 0.29) is 18.2 Å². The van der Waals surface area contributed by atoms with Gasteiger partial charge in [0.05, 0.1) is 18.7 Å². The first-order chi connectivity index (χ1) is 12.4. The molecule has 0 unspecified atom stereocenters. The van der Waals surface area contributed by atoms with Gasteiger partial charge < -0.3 is 15.2 Å². The Balaban J connectivity index is 1.57. The fourth-order valence-corrected chi connectivity index (χ4v) is 4.23. The topological polar surface area (TPSA) is 88.5 Å². The van der Waals surface area contributed by atoms with Gasteiger partial charge in [-0.25, -0.2) is 4.98 Å². The number of aliphatic carboxylic acids is 1. The van der Waals surface area contributed by atoms with Gasteiger partial charge in [-0.05, 0) is 48.9 Å². The summed E-state index contributed by atoms with van der Waals surface area (Å²) in [7, 11) is 0. The molecule has 1 atom stereocenters. The fourth-order valence-electron chi connectivity index (χ4n) is 3.32. The van der Waals surface area contributed by atoms with Crippen LogP contribution in [0.25, 0.3) is 0 Å². The minimum absolute atomic E-state index is 0.112. The van der Waals surface area contributed by atoms with Crippen LogP contribution in [0.5, 0.6) is 5.75 Å². The first-order valence-electron chi connectivity index (χ1n) is 8.63. The summed E-state index contributed by atoms with van der Waals surface area (Å²) in [6, 6.07) is 5.93. The van der Waals surface area contributed by atoms with Gasteiger partial charge in [-0.1, -0.05) is 6.07 Å². The van der Waals surface area contributed by atoms with E-state index in [1.54, 1.807) is 0 Å². The number of aryl methyl sites for hydroxylation is 2. The molecule has 0 saturated carbocycles. The van der Waals surface area contributed by atoms with Crippen molar-refractivity contribution in [2.45, 2.75) is 45.4 Å². The lowest BCUT2D eigenvalue weighted by atomic mass is 9.98. The van der Waals surface area contributed by atoms with Crippen LogP contribution in [0.4, 0.5) is 5.13 Å². The normalized spacial score (nSPS) is 15.5. The van der Waals surface area contributed by atoms with Crippen LogP contribution in [0.1, 0.15) is 47.4 Å². The van der Waals surface area contributed by atoms with E-state index in [1.807, 2.05) is 25.1 Å². The van der Waals surface area contributed by atoms with Crippen molar-refractivity contribution in [3.05, 3.63) is 39.9 Å². The second-order valence-electron chi connectivity index (χ2n) is 6.50. The Morgan fingerprint density at radius 2 is 2.23 bits per heavy atom. The molecule has 0 bridgehead atoms. The van der Waals surface area contributed by atoms with Crippen LogP contribution in [-0.4, -0.2) is 28.6 Å². The van der Waals surface area contributed by atoms with E-state index in [0.29, 0.717) is 18.2 Å². The fraction of sp³-hybridized carbons (Fsp3) is 0.421. The van der Waals surface area contributed by atoms with Crippen LogP contribution < -0.4 is 10.1 Å². The highest BCUT2D eigenvalue weighted by molar-refractivity contribution is 7.15. The van der Waals surface area contributed by atoms with Gasteiger partial charge in [0.1, 0.15) is 5.75 Å². The maximum absolute atomic E-state index is 11.1. The number of carboxylic acids is 1. The molecule has 0 aliphatic heterocycles. The average Bonchev–Trinajstić information content (AvgIpc) is 3.10. The number of benzene rings is 1. The number of fused-ring (bicyclic) bond motifs is 1. The molecule has 1 aromatic heterocycles. The Morgan fingerprint density at radius 1 is 1.42 bits per heavy atom. The highest BCUT2D eigenvalue weighted by Gasteiger charge is 2.24. The molecule has 3 rings (SSSR count). The zero-order chi connectivity index (χ0) is 18.7. The molecule has 1 aliphatic rings. The van der Waals surface area contributed by atoms with Crippen molar-refractivity contribution in [2.75, 3.05) is 11.9 Å². The van der Waals surface area contributed by atoms with Gasteiger partial charge in [0.15, 0.2) is 5.13 Å². The molecule has 0 fully saturated rings. The van der Waals surface area contributed by atoms with E-state index in [9.17, 15) is 9.59 Å². The minimum Gasteiger partial charge on any atom is -0.493 e. The van der Waals surface area contributed by atoms with Gasteiger partial charge in [0.2, 0.25) is 5.91 Å². The second-order valence-corrected chi connectivity index (χ2v) is 7.70. The third kappa shape index (κ3) is 4.40. The number of nitrogens with one attached hydrogen (secondary N) is 1. The third-order valence-electron chi connectivity index (χ3n) is 4.52. The van der Waals surface area contributed by atoms with Crippen LogP contribution in [0, 0.1) is 6.92 Å². The summed E-state index contributed by atoms with van der Waals surface area (Å²) >= 11 is 1.46. The van der Waals surface area contributed by atoms with Gasteiger partial charge in [0.25, 0.3) is 0 Å². The number of hydrogen-bond donors (Lipinski definition) is 2. The van der Waals surface area contributed by atoms with Crippen molar-refractivity contribution in [3.63, 3.8) is 0 Å². The van der Waals surface area contributed by atoms with E-state index in [1.165, 1.54) is 23.8 Å². The van der Waals surface area contributed by atoms with E-state index in [4.69, 9.17) is 9.84 Å². The van der Waals surface area contributed by atoms with Crippen molar-refractivity contribution < 1.29 is 19.4 Å². The highest BCUT2D eigenvalue weighted by Crippen LogP contribution is 2.37. The zero-order valence-electron chi connectivity index (χ0n) is 14.9. The van der Waals surface area contributed by atoms with Crippen LogP contribution >= 0.6 is 11.3 Å². The van der Waals surface area contributed by atoms with Crippen LogP contribution in [-0.2, 0) is 22.4 Å². The Kier molecular flexibility index (Phi) is 5.56. The first kappa shape index (κ1) is 18.4. The molecule has 6 nitrogen and oxygen atoms in total. The Morgan fingerprint density at radius 3 is 2.96 bits per heavy atom. The number of ether oxygens (including phenoxy) is 1. The number of carbonyl (C=O) groups is 2. The van der Waals surface area contributed by atoms with Crippen molar-refractivity contribution in [1.82, 2.24) is 4.98 Å². The van der Waals surface area contributed by atoms with E-state index in [2.05, 4.69) is 10.3 Å². The predicted molar refractivity (Wildman–Crippen MR) is 100 cm³/mol. The van der Waals surface area contributed by atoms with E-state index < -0.39 is 5.97 Å². The average molecular weight is 374 g/mol. The molecule has 0 spiro atoms. The lowest BCUT2D eigenvalue weighted by molar-refractivity contribution is -0.137. The quantitative estimate of drug-likeness (QED) is 0.774. The minimum atomic E-state index is -0.750. The molecule has 0 radical (unpaired) electrons. The van der Waals surface area contributed by atoms with Crippen LogP contribution in [0.3, 0.4) is 0 Å². The summed E-state index contributed by atoms with van der Waals surface area (Å²) in [5.74, 6) is 0.0393. The van der Waals surface area contributed by atoms with Crippen molar-refractivity contribution in [1.29, 1.82) is 0 Å². The molecule has 138 valence electrons. The molecule has 1 aliphatic carbocycles. The molecular weight excluding hydrogens is 352 g/mol.